The van der Waals surface area contributed by atoms with Crippen LogP contribution in [-0.2, 0) is 19.1 Å². The Hall–Kier alpha value is -3.96. The zero-order valence-corrected chi connectivity index (χ0v) is 23.2. The molecule has 3 aliphatic rings. The standard InChI is InChI=1S/C28H37N5O7/c1-28(2,3)40-27(39)30-17-13-15-32(16-17)22(35)10-5-4-6-14-29-19-9-7-8-18-23(19)26(38)33(25(18)37)20-11-12-21(34)31-24(20)36/h7-9,17,20,29H,4-6,10-16H2,1-3H3,(H,30,39)(H,31,34,36)/t17-,20?/m1/s1. The van der Waals surface area contributed by atoms with Gasteiger partial charge in [-0.05, 0) is 58.6 Å². The lowest BCUT2D eigenvalue weighted by Gasteiger charge is -2.27. The third-order valence-corrected chi connectivity index (χ3v) is 7.11. The van der Waals surface area contributed by atoms with Gasteiger partial charge in [0, 0.05) is 38.2 Å². The molecule has 0 bridgehead atoms. The highest BCUT2D eigenvalue weighted by Crippen LogP contribution is 2.32. The van der Waals surface area contributed by atoms with Crippen LogP contribution in [0.1, 0.15) is 86.4 Å². The van der Waals surface area contributed by atoms with Crippen molar-refractivity contribution in [3.05, 3.63) is 29.3 Å². The van der Waals surface area contributed by atoms with Crippen LogP contribution in [0.3, 0.4) is 0 Å². The fourth-order valence-corrected chi connectivity index (χ4v) is 5.20. The first-order valence-electron chi connectivity index (χ1n) is 13.8. The summed E-state index contributed by atoms with van der Waals surface area (Å²) in [6, 6.07) is 3.84. The Morgan fingerprint density at radius 1 is 1.05 bits per heavy atom. The average molecular weight is 556 g/mol. The number of likely N-dealkylation sites (tertiary alicyclic amines) is 1. The maximum Gasteiger partial charge on any atom is 0.407 e. The Balaban J connectivity index is 1.19. The molecule has 3 aliphatic heterocycles. The van der Waals surface area contributed by atoms with E-state index in [1.807, 2.05) is 0 Å². The van der Waals surface area contributed by atoms with E-state index < -0.39 is 41.4 Å². The number of anilines is 1. The molecule has 40 heavy (non-hydrogen) atoms. The molecular formula is C28H37N5O7. The zero-order chi connectivity index (χ0) is 29.0. The summed E-state index contributed by atoms with van der Waals surface area (Å²) in [4.78, 5) is 77.2. The lowest BCUT2D eigenvalue weighted by atomic mass is 10.0. The van der Waals surface area contributed by atoms with E-state index in [1.54, 1.807) is 43.9 Å². The number of unbranched alkanes of at least 4 members (excludes halogenated alkanes) is 2. The maximum absolute atomic E-state index is 13.2. The highest BCUT2D eigenvalue weighted by molar-refractivity contribution is 6.25. The molecule has 0 aromatic heterocycles. The number of nitrogens with one attached hydrogen (secondary N) is 3. The molecule has 2 atom stereocenters. The van der Waals surface area contributed by atoms with E-state index in [1.165, 1.54) is 0 Å². The van der Waals surface area contributed by atoms with Gasteiger partial charge in [-0.1, -0.05) is 12.5 Å². The van der Waals surface area contributed by atoms with Crippen molar-refractivity contribution in [2.45, 2.75) is 83.4 Å². The molecule has 12 heteroatoms. The molecule has 0 saturated carbocycles. The van der Waals surface area contributed by atoms with Gasteiger partial charge in [-0.15, -0.1) is 0 Å². The third kappa shape index (κ3) is 6.78. The number of amides is 6. The Labute approximate surface area is 233 Å². The van der Waals surface area contributed by atoms with Crippen LogP contribution in [0.25, 0.3) is 0 Å². The van der Waals surface area contributed by atoms with Crippen LogP contribution >= 0.6 is 0 Å². The van der Waals surface area contributed by atoms with Gasteiger partial charge in [0.1, 0.15) is 11.6 Å². The molecule has 0 spiro atoms. The van der Waals surface area contributed by atoms with Crippen molar-refractivity contribution >= 4 is 41.3 Å². The predicted octanol–water partition coefficient (Wildman–Crippen LogP) is 2.19. The van der Waals surface area contributed by atoms with Crippen LogP contribution < -0.4 is 16.0 Å². The number of fused-ring (bicyclic) bond motifs is 1. The third-order valence-electron chi connectivity index (χ3n) is 7.11. The number of carbonyl (C=O) groups excluding carboxylic acids is 6. The molecule has 0 aliphatic carbocycles. The van der Waals surface area contributed by atoms with Crippen molar-refractivity contribution in [1.29, 1.82) is 0 Å². The van der Waals surface area contributed by atoms with E-state index >= 15 is 0 Å². The van der Waals surface area contributed by atoms with Crippen molar-refractivity contribution in [2.75, 3.05) is 25.0 Å². The van der Waals surface area contributed by atoms with E-state index in [0.717, 1.165) is 17.7 Å². The lowest BCUT2D eigenvalue weighted by molar-refractivity contribution is -0.136. The van der Waals surface area contributed by atoms with Gasteiger partial charge in [0.15, 0.2) is 0 Å². The Morgan fingerprint density at radius 2 is 1.82 bits per heavy atom. The van der Waals surface area contributed by atoms with Crippen molar-refractivity contribution < 1.29 is 33.5 Å². The fourth-order valence-electron chi connectivity index (χ4n) is 5.20. The van der Waals surface area contributed by atoms with Gasteiger partial charge in [-0.3, -0.25) is 34.2 Å². The van der Waals surface area contributed by atoms with E-state index in [2.05, 4.69) is 16.0 Å². The Kier molecular flexibility index (Phi) is 8.75. The lowest BCUT2D eigenvalue weighted by Crippen LogP contribution is -2.54. The van der Waals surface area contributed by atoms with Gasteiger partial charge in [0.05, 0.1) is 17.2 Å². The fraction of sp³-hybridized carbons (Fsp3) is 0.571. The number of hydrogen-bond donors (Lipinski definition) is 3. The molecule has 4 rings (SSSR count). The van der Waals surface area contributed by atoms with Crippen LogP contribution in [0.4, 0.5) is 10.5 Å². The summed E-state index contributed by atoms with van der Waals surface area (Å²) >= 11 is 0. The van der Waals surface area contributed by atoms with Crippen molar-refractivity contribution in [3.63, 3.8) is 0 Å². The second-order valence-electron chi connectivity index (χ2n) is 11.4. The van der Waals surface area contributed by atoms with Crippen molar-refractivity contribution in [1.82, 2.24) is 20.4 Å². The second kappa shape index (κ2) is 12.1. The van der Waals surface area contributed by atoms with Gasteiger partial charge in [0.2, 0.25) is 17.7 Å². The molecule has 3 heterocycles. The monoisotopic (exact) mass is 555 g/mol. The number of rotatable bonds is 9. The van der Waals surface area contributed by atoms with Gasteiger partial charge >= 0.3 is 6.09 Å². The molecule has 2 fully saturated rings. The second-order valence-corrected chi connectivity index (χ2v) is 11.4. The van der Waals surface area contributed by atoms with Crippen LogP contribution in [0.15, 0.2) is 18.2 Å². The van der Waals surface area contributed by atoms with Crippen LogP contribution in [0, 0.1) is 0 Å². The Morgan fingerprint density at radius 3 is 2.55 bits per heavy atom. The highest BCUT2D eigenvalue weighted by Gasteiger charge is 2.45. The molecule has 2 saturated heterocycles. The maximum atomic E-state index is 13.2. The van der Waals surface area contributed by atoms with Gasteiger partial charge in [-0.2, -0.15) is 0 Å². The number of nitrogens with zero attached hydrogens (tertiary/aromatic N) is 2. The summed E-state index contributed by atoms with van der Waals surface area (Å²) in [6.07, 6.45) is 3.04. The number of benzene rings is 1. The smallest absolute Gasteiger partial charge is 0.407 e. The zero-order valence-electron chi connectivity index (χ0n) is 23.2. The number of hydrogen-bond acceptors (Lipinski definition) is 8. The van der Waals surface area contributed by atoms with Gasteiger partial charge in [-0.25, -0.2) is 4.79 Å². The molecule has 1 aromatic rings. The number of alkyl carbamates (subject to hydrolysis) is 1. The normalized spacial score (nSPS) is 20.9. The molecule has 1 aromatic carbocycles. The summed E-state index contributed by atoms with van der Waals surface area (Å²) in [5.41, 5.74) is 0.408. The SMILES string of the molecule is CC(C)(C)OC(=O)N[C@@H]1CCN(C(=O)CCCCCNc2cccc3c2C(=O)N(C2CCC(=O)NC2=O)C3=O)C1. The molecule has 6 amide bonds. The van der Waals surface area contributed by atoms with Crippen molar-refractivity contribution in [3.8, 4) is 0 Å². The molecule has 216 valence electrons. The first-order valence-corrected chi connectivity index (χ1v) is 13.8. The highest BCUT2D eigenvalue weighted by atomic mass is 16.6. The minimum Gasteiger partial charge on any atom is -0.444 e. The quantitative estimate of drug-likeness (QED) is 0.310. The van der Waals surface area contributed by atoms with Crippen molar-refractivity contribution in [2.24, 2.45) is 0 Å². The first-order chi connectivity index (χ1) is 18.9. The van der Waals surface area contributed by atoms with Gasteiger partial charge in [0.25, 0.3) is 11.8 Å². The minimum atomic E-state index is -1.01. The molecule has 0 radical (unpaired) electrons. The molecule has 1 unspecified atom stereocenters. The largest absolute Gasteiger partial charge is 0.444 e. The number of imide groups is 2. The minimum absolute atomic E-state index is 0.0555. The van der Waals surface area contributed by atoms with Crippen LogP contribution in [0.5, 0.6) is 0 Å². The van der Waals surface area contributed by atoms with E-state index in [-0.39, 0.29) is 35.9 Å². The Bertz CT molecular complexity index is 1210. The molecular weight excluding hydrogens is 518 g/mol. The number of ether oxygens (including phenoxy) is 1. The number of piperidine rings is 1. The average Bonchev–Trinajstić information content (AvgIpc) is 3.43. The predicted molar refractivity (Wildman–Crippen MR) is 144 cm³/mol. The van der Waals surface area contributed by atoms with Crippen LogP contribution in [0.2, 0.25) is 0 Å². The number of carbonyl (C=O) groups is 6. The summed E-state index contributed by atoms with van der Waals surface area (Å²) < 4.78 is 5.28. The topological polar surface area (TPSA) is 154 Å². The van der Waals surface area contributed by atoms with E-state index in [4.69, 9.17) is 4.74 Å². The summed E-state index contributed by atoms with van der Waals surface area (Å²) in [6.45, 7) is 7.02. The van der Waals surface area contributed by atoms with E-state index in [9.17, 15) is 28.8 Å². The molecule has 3 N–H and O–H groups in total. The van der Waals surface area contributed by atoms with Crippen LogP contribution in [-0.4, -0.2) is 82.7 Å². The summed E-state index contributed by atoms with van der Waals surface area (Å²) in [5.74, 6) is -2.09. The molecule has 12 nitrogen and oxygen atoms in total. The summed E-state index contributed by atoms with van der Waals surface area (Å²) in [5, 5.41) is 8.24. The van der Waals surface area contributed by atoms with Gasteiger partial charge < -0.3 is 20.3 Å². The first kappa shape index (κ1) is 29.0. The van der Waals surface area contributed by atoms with E-state index in [0.29, 0.717) is 44.6 Å². The summed E-state index contributed by atoms with van der Waals surface area (Å²) in [7, 11) is 0.